The Kier molecular flexibility index (Phi) is 8.56. The number of rotatable bonds is 11. The van der Waals surface area contributed by atoms with E-state index in [0.717, 1.165) is 18.5 Å². The predicted octanol–water partition coefficient (Wildman–Crippen LogP) is 3.31. The van der Waals surface area contributed by atoms with Crippen molar-refractivity contribution in [3.63, 3.8) is 0 Å². The van der Waals surface area contributed by atoms with Crippen LogP contribution in [0.2, 0.25) is 0 Å². The molecule has 0 aliphatic carbocycles. The van der Waals surface area contributed by atoms with Crippen LogP contribution in [0.1, 0.15) is 58.1 Å². The molecule has 6 nitrogen and oxygen atoms in total. The van der Waals surface area contributed by atoms with Gasteiger partial charge >= 0.3 is 0 Å². The fourth-order valence-corrected chi connectivity index (χ4v) is 3.74. The predicted molar refractivity (Wildman–Crippen MR) is 114 cm³/mol. The lowest BCUT2D eigenvalue weighted by atomic mass is 9.85. The van der Waals surface area contributed by atoms with Gasteiger partial charge in [-0.15, -0.1) is 0 Å². The van der Waals surface area contributed by atoms with Crippen molar-refractivity contribution in [3.8, 4) is 0 Å². The van der Waals surface area contributed by atoms with Gasteiger partial charge in [0.2, 0.25) is 0 Å². The maximum absolute atomic E-state index is 9.19. The molecular weight excluding hydrogens is 356 g/mol. The number of fused-ring (bicyclic) bond motifs is 1. The van der Waals surface area contributed by atoms with Crippen LogP contribution in [0.15, 0.2) is 12.1 Å². The van der Waals surface area contributed by atoms with E-state index in [-0.39, 0.29) is 18.8 Å². The molecule has 6 heteroatoms. The number of hydrogen-bond donors (Lipinski definition) is 2. The Morgan fingerprint density at radius 1 is 1.18 bits per heavy atom. The monoisotopic (exact) mass is 394 g/mol. The van der Waals surface area contributed by atoms with Crippen LogP contribution < -0.4 is 10.6 Å². The molecule has 1 heterocycles. The highest BCUT2D eigenvalue weighted by atomic mass is 16.7. The first-order chi connectivity index (χ1) is 13.3. The maximum atomic E-state index is 9.19. The summed E-state index contributed by atoms with van der Waals surface area (Å²) < 4.78 is 17.1. The van der Waals surface area contributed by atoms with Crippen LogP contribution in [0.4, 0.5) is 11.4 Å². The SMILES string of the molecule is CCOCCOC(CN1c2cc(C(C)C)c(N)cc2CCC1(C)C)OCCO. The molecule has 1 aromatic carbocycles. The summed E-state index contributed by atoms with van der Waals surface area (Å²) in [5.41, 5.74) is 10.8. The van der Waals surface area contributed by atoms with Gasteiger partial charge in [-0.2, -0.15) is 0 Å². The van der Waals surface area contributed by atoms with Crippen molar-refractivity contribution < 1.29 is 19.3 Å². The van der Waals surface area contributed by atoms with Gasteiger partial charge < -0.3 is 30.0 Å². The Hall–Kier alpha value is -1.34. The lowest BCUT2D eigenvalue weighted by molar-refractivity contribution is -0.150. The average molecular weight is 395 g/mol. The number of nitrogens with two attached hydrogens (primary N) is 1. The Balaban J connectivity index is 2.26. The van der Waals surface area contributed by atoms with E-state index >= 15 is 0 Å². The van der Waals surface area contributed by atoms with Gasteiger partial charge in [-0.05, 0) is 62.8 Å². The minimum atomic E-state index is -0.433. The van der Waals surface area contributed by atoms with Gasteiger partial charge in [-0.3, -0.25) is 0 Å². The van der Waals surface area contributed by atoms with Gasteiger partial charge in [0, 0.05) is 23.5 Å². The minimum absolute atomic E-state index is 0.0263. The Labute approximate surface area is 169 Å². The Morgan fingerprint density at radius 3 is 2.54 bits per heavy atom. The molecule has 28 heavy (non-hydrogen) atoms. The highest BCUT2D eigenvalue weighted by Crippen LogP contribution is 2.40. The standard InChI is InChI=1S/C22H38N2O4/c1-6-26-11-12-28-21(27-10-9-25)15-24-20-14-18(16(2)3)19(23)13-17(20)7-8-22(24,4)5/h13-14,16,21,25H,6-12,15,23H2,1-5H3. The molecule has 160 valence electrons. The van der Waals surface area contributed by atoms with Crippen molar-refractivity contribution in [3.05, 3.63) is 23.3 Å². The second kappa shape index (κ2) is 10.4. The van der Waals surface area contributed by atoms with Crippen molar-refractivity contribution in [1.82, 2.24) is 0 Å². The minimum Gasteiger partial charge on any atom is -0.398 e. The lowest BCUT2D eigenvalue weighted by Crippen LogP contribution is -2.51. The van der Waals surface area contributed by atoms with Crippen LogP contribution in [0.25, 0.3) is 0 Å². The van der Waals surface area contributed by atoms with Gasteiger partial charge in [0.1, 0.15) is 0 Å². The lowest BCUT2D eigenvalue weighted by Gasteiger charge is -2.46. The number of benzene rings is 1. The number of nitrogen functional groups attached to an aromatic ring is 1. The molecular formula is C22H38N2O4. The number of aliphatic hydroxyl groups is 1. The van der Waals surface area contributed by atoms with Crippen molar-refractivity contribution in [2.24, 2.45) is 0 Å². The highest BCUT2D eigenvalue weighted by molar-refractivity contribution is 5.67. The molecule has 0 amide bonds. The molecule has 0 fully saturated rings. The van der Waals surface area contributed by atoms with Crippen LogP contribution in [0.5, 0.6) is 0 Å². The number of hydrogen-bond acceptors (Lipinski definition) is 6. The normalized spacial score (nSPS) is 17.0. The van der Waals surface area contributed by atoms with E-state index < -0.39 is 6.29 Å². The molecule has 1 atom stereocenters. The summed E-state index contributed by atoms with van der Waals surface area (Å²) in [6.45, 7) is 13.3. The first kappa shape index (κ1) is 22.9. The smallest absolute Gasteiger partial charge is 0.175 e. The van der Waals surface area contributed by atoms with Crippen LogP contribution in [-0.2, 0) is 20.6 Å². The third kappa shape index (κ3) is 5.83. The van der Waals surface area contributed by atoms with Crippen molar-refractivity contribution in [2.45, 2.75) is 65.2 Å². The van der Waals surface area contributed by atoms with Crippen LogP contribution in [-0.4, -0.2) is 56.5 Å². The molecule has 0 saturated carbocycles. The maximum Gasteiger partial charge on any atom is 0.175 e. The molecule has 0 aromatic heterocycles. The molecule has 1 unspecified atom stereocenters. The summed E-state index contributed by atoms with van der Waals surface area (Å²) in [6, 6.07) is 4.37. The van der Waals surface area contributed by atoms with Gasteiger partial charge in [-0.1, -0.05) is 13.8 Å². The van der Waals surface area contributed by atoms with Crippen molar-refractivity contribution >= 4 is 11.4 Å². The van der Waals surface area contributed by atoms with Crippen molar-refractivity contribution in [2.75, 3.05) is 50.2 Å². The zero-order valence-electron chi connectivity index (χ0n) is 18.2. The first-order valence-corrected chi connectivity index (χ1v) is 10.4. The average Bonchev–Trinajstić information content (AvgIpc) is 2.64. The number of aryl methyl sites for hydroxylation is 1. The molecule has 0 bridgehead atoms. The summed E-state index contributed by atoms with van der Waals surface area (Å²) in [5.74, 6) is 0.362. The van der Waals surface area contributed by atoms with Gasteiger partial charge in [0.05, 0.1) is 33.0 Å². The van der Waals surface area contributed by atoms with E-state index in [1.165, 1.54) is 16.8 Å². The van der Waals surface area contributed by atoms with Crippen LogP contribution in [0, 0.1) is 0 Å². The molecule has 2 rings (SSSR count). The molecule has 1 aliphatic rings. The molecule has 1 aliphatic heterocycles. The first-order valence-electron chi connectivity index (χ1n) is 10.4. The fraction of sp³-hybridized carbons (Fsp3) is 0.727. The molecule has 0 saturated heterocycles. The van der Waals surface area contributed by atoms with Gasteiger partial charge in [0.25, 0.3) is 0 Å². The molecule has 3 N–H and O–H groups in total. The van der Waals surface area contributed by atoms with E-state index in [4.69, 9.17) is 19.9 Å². The third-order valence-corrected chi connectivity index (χ3v) is 5.40. The van der Waals surface area contributed by atoms with Gasteiger partial charge in [-0.25, -0.2) is 0 Å². The quantitative estimate of drug-likeness (QED) is 0.341. The molecule has 1 aromatic rings. The topological polar surface area (TPSA) is 77.2 Å². The number of nitrogens with zero attached hydrogens (tertiary/aromatic N) is 1. The fourth-order valence-electron chi connectivity index (χ4n) is 3.74. The van der Waals surface area contributed by atoms with E-state index in [0.29, 0.717) is 32.3 Å². The van der Waals surface area contributed by atoms with Gasteiger partial charge in [0.15, 0.2) is 6.29 Å². The molecule has 0 radical (unpaired) electrons. The van der Waals surface area contributed by atoms with Crippen molar-refractivity contribution in [1.29, 1.82) is 0 Å². The number of aliphatic hydroxyl groups excluding tert-OH is 1. The largest absolute Gasteiger partial charge is 0.398 e. The second-order valence-electron chi connectivity index (χ2n) is 8.28. The Bertz CT molecular complexity index is 619. The summed E-state index contributed by atoms with van der Waals surface area (Å²) >= 11 is 0. The number of ether oxygens (including phenoxy) is 3. The van der Waals surface area contributed by atoms with E-state index in [1.54, 1.807) is 0 Å². The molecule has 0 spiro atoms. The third-order valence-electron chi connectivity index (χ3n) is 5.40. The van der Waals surface area contributed by atoms with E-state index in [2.05, 4.69) is 44.7 Å². The summed E-state index contributed by atoms with van der Waals surface area (Å²) in [6.07, 6.45) is 1.61. The van der Waals surface area contributed by atoms with Crippen LogP contribution in [0.3, 0.4) is 0 Å². The number of anilines is 2. The Morgan fingerprint density at radius 2 is 1.89 bits per heavy atom. The zero-order chi connectivity index (χ0) is 20.7. The summed E-state index contributed by atoms with van der Waals surface area (Å²) in [4.78, 5) is 2.37. The summed E-state index contributed by atoms with van der Waals surface area (Å²) in [5, 5.41) is 9.19. The highest BCUT2D eigenvalue weighted by Gasteiger charge is 2.35. The van der Waals surface area contributed by atoms with Crippen LogP contribution >= 0.6 is 0 Å². The van der Waals surface area contributed by atoms with E-state index in [1.807, 2.05) is 6.92 Å². The second-order valence-corrected chi connectivity index (χ2v) is 8.28. The summed E-state index contributed by atoms with van der Waals surface area (Å²) in [7, 11) is 0. The zero-order valence-corrected chi connectivity index (χ0v) is 18.2. The van der Waals surface area contributed by atoms with E-state index in [9.17, 15) is 5.11 Å².